The Kier molecular flexibility index (Phi) is 8.27. The van der Waals surface area contributed by atoms with E-state index in [2.05, 4.69) is 15.6 Å². The Hall–Kier alpha value is -1.71. The lowest BCUT2D eigenvalue weighted by Crippen LogP contribution is -2.34. The fourth-order valence-corrected chi connectivity index (χ4v) is 2.90. The first-order valence-corrected chi connectivity index (χ1v) is 8.99. The predicted molar refractivity (Wildman–Crippen MR) is 113 cm³/mol. The van der Waals surface area contributed by atoms with Crippen LogP contribution in [0.3, 0.4) is 0 Å². The lowest BCUT2D eigenvalue weighted by molar-refractivity contribution is -0.128. The molecule has 8 heteroatoms. The first-order chi connectivity index (χ1) is 12.3. The number of carbonyl (C=O) groups is 1. The van der Waals surface area contributed by atoms with Gasteiger partial charge in [-0.3, -0.25) is 4.79 Å². The van der Waals surface area contributed by atoms with Crippen molar-refractivity contribution in [3.8, 4) is 11.5 Å². The Bertz CT molecular complexity index is 633. The van der Waals surface area contributed by atoms with Crippen molar-refractivity contribution in [2.24, 2.45) is 4.99 Å². The van der Waals surface area contributed by atoms with Gasteiger partial charge in [0.1, 0.15) is 6.54 Å². The third kappa shape index (κ3) is 5.65. The topological polar surface area (TPSA) is 75.2 Å². The Morgan fingerprint density at radius 3 is 2.62 bits per heavy atom. The maximum Gasteiger partial charge on any atom is 0.244 e. The quantitative estimate of drug-likeness (QED) is 0.399. The van der Waals surface area contributed by atoms with Gasteiger partial charge in [0.2, 0.25) is 5.91 Å². The van der Waals surface area contributed by atoms with Crippen LogP contribution in [0.5, 0.6) is 11.5 Å². The fourth-order valence-electron chi connectivity index (χ4n) is 2.90. The van der Waals surface area contributed by atoms with Crippen LogP contribution in [0.1, 0.15) is 26.2 Å². The molecule has 1 aromatic rings. The van der Waals surface area contributed by atoms with Gasteiger partial charge in [-0.2, -0.15) is 0 Å². The lowest BCUT2D eigenvalue weighted by Gasteiger charge is -2.16. The monoisotopic (exact) mass is 474 g/mol. The van der Waals surface area contributed by atoms with Gasteiger partial charge < -0.3 is 25.0 Å². The molecule has 1 saturated heterocycles. The van der Waals surface area contributed by atoms with Crippen molar-refractivity contribution < 1.29 is 14.3 Å². The van der Waals surface area contributed by atoms with E-state index >= 15 is 0 Å². The number of aliphatic imine (C=N–C) groups is 1. The molecular formula is C18H27IN4O3. The molecule has 2 heterocycles. The van der Waals surface area contributed by atoms with Crippen LogP contribution < -0.4 is 20.1 Å². The average molecular weight is 474 g/mol. The molecule has 2 aliphatic rings. The van der Waals surface area contributed by atoms with E-state index < -0.39 is 0 Å². The number of anilines is 1. The second-order valence-corrected chi connectivity index (χ2v) is 6.12. The van der Waals surface area contributed by atoms with Crippen LogP contribution in [0, 0.1) is 0 Å². The van der Waals surface area contributed by atoms with Gasteiger partial charge in [-0.05, 0) is 31.9 Å². The van der Waals surface area contributed by atoms with Crippen LogP contribution in [0.15, 0.2) is 23.2 Å². The number of benzene rings is 1. The number of likely N-dealkylation sites (tertiary alicyclic amines) is 1. The van der Waals surface area contributed by atoms with Crippen molar-refractivity contribution in [2.75, 3.05) is 44.7 Å². The molecule has 1 fully saturated rings. The zero-order valence-electron chi connectivity index (χ0n) is 15.1. The molecule has 0 bridgehead atoms. The van der Waals surface area contributed by atoms with E-state index in [9.17, 15) is 4.79 Å². The molecule has 144 valence electrons. The Morgan fingerprint density at radius 1 is 1.15 bits per heavy atom. The summed E-state index contributed by atoms with van der Waals surface area (Å²) in [6.07, 6.45) is 3.05. The maximum absolute atomic E-state index is 12.2. The molecule has 2 aliphatic heterocycles. The third-order valence-corrected chi connectivity index (χ3v) is 4.19. The van der Waals surface area contributed by atoms with Crippen LogP contribution in [0.4, 0.5) is 5.69 Å². The van der Waals surface area contributed by atoms with Crippen molar-refractivity contribution in [3.63, 3.8) is 0 Å². The van der Waals surface area contributed by atoms with Crippen molar-refractivity contribution in [1.82, 2.24) is 10.2 Å². The highest BCUT2D eigenvalue weighted by molar-refractivity contribution is 14.0. The van der Waals surface area contributed by atoms with Crippen LogP contribution in [-0.4, -0.2) is 56.2 Å². The first-order valence-electron chi connectivity index (χ1n) is 8.99. The number of nitrogens with zero attached hydrogens (tertiary/aromatic N) is 2. The number of hydrogen-bond donors (Lipinski definition) is 2. The molecule has 26 heavy (non-hydrogen) atoms. The summed E-state index contributed by atoms with van der Waals surface area (Å²) in [6, 6.07) is 5.71. The molecule has 0 aromatic heterocycles. The summed E-state index contributed by atoms with van der Waals surface area (Å²) in [7, 11) is 0. The van der Waals surface area contributed by atoms with E-state index in [1.54, 1.807) is 0 Å². The van der Waals surface area contributed by atoms with Crippen molar-refractivity contribution in [2.45, 2.75) is 26.2 Å². The fraction of sp³-hybridized carbons (Fsp3) is 0.556. The molecule has 0 unspecified atom stereocenters. The minimum Gasteiger partial charge on any atom is -0.490 e. The minimum atomic E-state index is 0. The van der Waals surface area contributed by atoms with Gasteiger partial charge in [-0.1, -0.05) is 0 Å². The number of halogens is 1. The molecule has 1 amide bonds. The standard InChI is InChI=1S/C18H26N4O3.HI/c1-2-19-18(20-13-17(23)22-8-3-4-9-22)21-14-6-7-15-16(12-14)25-11-5-10-24-15;/h6-7,12H,2-5,8-11,13H2,1H3,(H2,19,20,21);1H. The minimum absolute atomic E-state index is 0. The zero-order chi connectivity index (χ0) is 17.5. The molecule has 2 N–H and O–H groups in total. The van der Waals surface area contributed by atoms with Gasteiger partial charge in [0, 0.05) is 37.8 Å². The second kappa shape index (κ2) is 10.4. The van der Waals surface area contributed by atoms with Crippen LogP contribution in [-0.2, 0) is 4.79 Å². The molecule has 0 radical (unpaired) electrons. The van der Waals surface area contributed by atoms with Crippen molar-refractivity contribution in [3.05, 3.63) is 18.2 Å². The van der Waals surface area contributed by atoms with Gasteiger partial charge in [0.25, 0.3) is 0 Å². The van der Waals surface area contributed by atoms with Crippen LogP contribution in [0.2, 0.25) is 0 Å². The number of ether oxygens (including phenoxy) is 2. The summed E-state index contributed by atoms with van der Waals surface area (Å²) in [5.41, 5.74) is 0.845. The number of amides is 1. The zero-order valence-corrected chi connectivity index (χ0v) is 17.5. The van der Waals surface area contributed by atoms with Gasteiger partial charge in [0.05, 0.1) is 13.2 Å². The summed E-state index contributed by atoms with van der Waals surface area (Å²) in [4.78, 5) is 18.5. The third-order valence-electron chi connectivity index (χ3n) is 4.19. The largest absolute Gasteiger partial charge is 0.490 e. The molecule has 0 atom stereocenters. The molecule has 0 spiro atoms. The van der Waals surface area contributed by atoms with Crippen molar-refractivity contribution in [1.29, 1.82) is 0 Å². The Labute approximate surface area is 171 Å². The Morgan fingerprint density at radius 2 is 1.88 bits per heavy atom. The predicted octanol–water partition coefficient (Wildman–Crippen LogP) is 2.47. The molecule has 3 rings (SSSR count). The van der Waals surface area contributed by atoms with Crippen molar-refractivity contribution >= 4 is 41.5 Å². The molecule has 7 nitrogen and oxygen atoms in total. The Balaban J connectivity index is 0.00000243. The summed E-state index contributed by atoms with van der Waals surface area (Å²) in [5, 5.41) is 6.39. The van der Waals surface area contributed by atoms with Crippen LogP contribution >= 0.6 is 24.0 Å². The van der Waals surface area contributed by atoms with E-state index in [0.717, 1.165) is 49.5 Å². The summed E-state index contributed by atoms with van der Waals surface area (Å²) in [5.74, 6) is 2.15. The average Bonchev–Trinajstić information content (AvgIpc) is 3.06. The van der Waals surface area contributed by atoms with Gasteiger partial charge in [-0.15, -0.1) is 24.0 Å². The number of carbonyl (C=O) groups excluding carboxylic acids is 1. The van der Waals surface area contributed by atoms with E-state index in [1.807, 2.05) is 30.0 Å². The number of nitrogens with one attached hydrogen (secondary N) is 2. The summed E-state index contributed by atoms with van der Waals surface area (Å²) in [6.45, 7) is 5.88. The second-order valence-electron chi connectivity index (χ2n) is 6.12. The smallest absolute Gasteiger partial charge is 0.244 e. The summed E-state index contributed by atoms with van der Waals surface area (Å²) >= 11 is 0. The lowest BCUT2D eigenvalue weighted by atomic mass is 10.3. The number of rotatable bonds is 4. The normalized spacial score (nSPS) is 16.5. The summed E-state index contributed by atoms with van der Waals surface area (Å²) < 4.78 is 11.4. The van der Waals surface area contributed by atoms with E-state index in [1.165, 1.54) is 0 Å². The maximum atomic E-state index is 12.2. The van der Waals surface area contributed by atoms with Gasteiger partial charge in [0.15, 0.2) is 17.5 Å². The van der Waals surface area contributed by atoms with E-state index in [4.69, 9.17) is 9.47 Å². The molecule has 1 aromatic carbocycles. The highest BCUT2D eigenvalue weighted by atomic mass is 127. The molecule has 0 aliphatic carbocycles. The first kappa shape index (κ1) is 20.6. The number of guanidine groups is 1. The molecule has 0 saturated carbocycles. The SMILES string of the molecule is CCNC(=NCC(=O)N1CCCC1)Nc1ccc2c(c1)OCCCO2.I. The van der Waals surface area contributed by atoms with Crippen LogP contribution in [0.25, 0.3) is 0 Å². The highest BCUT2D eigenvalue weighted by Crippen LogP contribution is 2.32. The van der Waals surface area contributed by atoms with Gasteiger partial charge in [-0.25, -0.2) is 4.99 Å². The molecular weight excluding hydrogens is 447 g/mol. The highest BCUT2D eigenvalue weighted by Gasteiger charge is 2.17. The number of fused-ring (bicyclic) bond motifs is 1. The van der Waals surface area contributed by atoms with E-state index in [0.29, 0.717) is 25.7 Å². The van der Waals surface area contributed by atoms with E-state index in [-0.39, 0.29) is 36.4 Å². The number of hydrogen-bond acceptors (Lipinski definition) is 4. The van der Waals surface area contributed by atoms with Gasteiger partial charge >= 0.3 is 0 Å².